The van der Waals surface area contributed by atoms with Crippen LogP contribution in [0.3, 0.4) is 0 Å². The summed E-state index contributed by atoms with van der Waals surface area (Å²) in [5.41, 5.74) is 12.6. The highest BCUT2D eigenvalue weighted by Gasteiger charge is 2.51. The van der Waals surface area contributed by atoms with E-state index in [2.05, 4.69) is 35.1 Å². The number of nitrogens with two attached hydrogens (primary N) is 2. The van der Waals surface area contributed by atoms with Crippen molar-refractivity contribution >= 4 is 24.0 Å². The smallest absolute Gasteiger partial charge is 0.246 e. The Morgan fingerprint density at radius 3 is 2.35 bits per heavy atom. The van der Waals surface area contributed by atoms with Gasteiger partial charge in [0.05, 0.1) is 6.04 Å². The monoisotopic (exact) mass is 681 g/mol. The summed E-state index contributed by atoms with van der Waals surface area (Å²) in [5.74, 6) is -0.109. The minimum absolute atomic E-state index is 0.131. The van der Waals surface area contributed by atoms with Crippen LogP contribution in [-0.4, -0.2) is 90.8 Å². The summed E-state index contributed by atoms with van der Waals surface area (Å²) < 4.78 is 0. The van der Waals surface area contributed by atoms with E-state index < -0.39 is 35.5 Å². The minimum atomic E-state index is -0.961. The highest BCUT2D eigenvalue weighted by molar-refractivity contribution is 5.94. The molecule has 11 heteroatoms. The zero-order valence-corrected chi connectivity index (χ0v) is 30.3. The molecule has 1 aromatic carbocycles. The predicted molar refractivity (Wildman–Crippen MR) is 193 cm³/mol. The van der Waals surface area contributed by atoms with Gasteiger partial charge in [0.2, 0.25) is 17.7 Å². The van der Waals surface area contributed by atoms with Gasteiger partial charge in [0.15, 0.2) is 0 Å². The van der Waals surface area contributed by atoms with Gasteiger partial charge in [0.25, 0.3) is 0 Å². The molecule has 3 heterocycles. The Labute approximate surface area is 293 Å². The van der Waals surface area contributed by atoms with E-state index in [-0.39, 0.29) is 29.8 Å². The predicted octanol–water partition coefficient (Wildman–Crippen LogP) is 2.26. The zero-order chi connectivity index (χ0) is 35.6. The van der Waals surface area contributed by atoms with Gasteiger partial charge in [-0.25, -0.2) is 0 Å². The van der Waals surface area contributed by atoms with Crippen molar-refractivity contribution in [1.82, 2.24) is 26.2 Å². The van der Waals surface area contributed by atoms with Gasteiger partial charge in [-0.3, -0.25) is 14.4 Å². The highest BCUT2D eigenvalue weighted by atomic mass is 16.2. The van der Waals surface area contributed by atoms with Crippen molar-refractivity contribution in [3.8, 4) is 0 Å². The Morgan fingerprint density at radius 1 is 1.02 bits per heavy atom. The molecular formula is C38H63N7O4. The molecule has 3 amide bonds. The first kappa shape index (κ1) is 38.9. The third kappa shape index (κ3) is 9.90. The molecule has 5 unspecified atom stereocenters. The van der Waals surface area contributed by atoms with Crippen LogP contribution in [0.1, 0.15) is 91.0 Å². The van der Waals surface area contributed by atoms with E-state index in [9.17, 15) is 19.2 Å². The van der Waals surface area contributed by atoms with E-state index in [0.29, 0.717) is 57.0 Å². The molecule has 10 atom stereocenters. The standard InChI is InChI=1S/C38H63N7O4/c1-5-27(4)34(44-35(47)30(40)22-28-10-7-6-8-11-28)36(48)43-31(13-12-29(23-39)32-20-25(2)14-17-41-32)37(49)45-19-9-16-38(45,24-46)33-21-26(3)15-18-42-33/h6-8,10-11,24-27,29-34,41-42H,5,9,12-23,39-40H2,1-4H3,(H,43,48)(H,44,47)/t25?,26?,27-,29?,30+,31+,32?,33?,34-,38-/m0/s1. The van der Waals surface area contributed by atoms with Gasteiger partial charge in [-0.2, -0.15) is 0 Å². The number of hydrogen-bond donors (Lipinski definition) is 6. The van der Waals surface area contributed by atoms with E-state index in [1.54, 1.807) is 4.90 Å². The van der Waals surface area contributed by atoms with E-state index >= 15 is 0 Å². The molecule has 3 fully saturated rings. The second-order valence-electron chi connectivity index (χ2n) is 15.3. The Morgan fingerprint density at radius 2 is 1.71 bits per heavy atom. The summed E-state index contributed by atoms with van der Waals surface area (Å²) >= 11 is 0. The molecule has 8 N–H and O–H groups in total. The number of nitrogens with zero attached hydrogens (tertiary/aromatic N) is 1. The van der Waals surface area contributed by atoms with E-state index in [1.807, 2.05) is 44.2 Å². The normalized spacial score (nSPS) is 28.9. The van der Waals surface area contributed by atoms with Gasteiger partial charge < -0.3 is 42.4 Å². The van der Waals surface area contributed by atoms with Crippen LogP contribution in [0.5, 0.6) is 0 Å². The van der Waals surface area contributed by atoms with Gasteiger partial charge in [0.1, 0.15) is 23.9 Å². The first-order chi connectivity index (χ1) is 23.5. The van der Waals surface area contributed by atoms with Crippen LogP contribution in [0.15, 0.2) is 30.3 Å². The lowest BCUT2D eigenvalue weighted by molar-refractivity contribution is -0.145. The second kappa shape index (κ2) is 18.4. The average molecular weight is 682 g/mol. The number of aldehydes is 1. The van der Waals surface area contributed by atoms with Crippen molar-refractivity contribution in [3.63, 3.8) is 0 Å². The molecule has 3 saturated heterocycles. The van der Waals surface area contributed by atoms with Gasteiger partial charge in [-0.15, -0.1) is 0 Å². The van der Waals surface area contributed by atoms with Crippen LogP contribution in [0, 0.1) is 23.7 Å². The highest BCUT2D eigenvalue weighted by Crippen LogP contribution is 2.36. The van der Waals surface area contributed by atoms with Crippen LogP contribution in [0.2, 0.25) is 0 Å². The summed E-state index contributed by atoms with van der Waals surface area (Å²) in [7, 11) is 0. The molecule has 0 aromatic heterocycles. The molecule has 4 rings (SSSR count). The summed E-state index contributed by atoms with van der Waals surface area (Å²) in [5, 5.41) is 13.2. The van der Waals surface area contributed by atoms with Crippen LogP contribution in [0.25, 0.3) is 0 Å². The Hall–Kier alpha value is -2.86. The maximum absolute atomic E-state index is 14.7. The number of likely N-dealkylation sites (tertiary alicyclic amines) is 1. The molecule has 1 aromatic rings. The maximum atomic E-state index is 14.7. The molecule has 0 radical (unpaired) electrons. The minimum Gasteiger partial charge on any atom is -0.343 e. The van der Waals surface area contributed by atoms with Gasteiger partial charge in [-0.05, 0) is 107 Å². The fourth-order valence-corrected chi connectivity index (χ4v) is 8.24. The molecule has 11 nitrogen and oxygen atoms in total. The third-order valence-electron chi connectivity index (χ3n) is 11.6. The van der Waals surface area contributed by atoms with Crippen molar-refractivity contribution in [2.24, 2.45) is 35.1 Å². The van der Waals surface area contributed by atoms with Gasteiger partial charge in [0, 0.05) is 18.6 Å². The van der Waals surface area contributed by atoms with Crippen molar-refractivity contribution in [1.29, 1.82) is 0 Å². The van der Waals surface area contributed by atoms with Crippen molar-refractivity contribution in [3.05, 3.63) is 35.9 Å². The fraction of sp³-hybridized carbons (Fsp3) is 0.737. The molecule has 0 bridgehead atoms. The fourth-order valence-electron chi connectivity index (χ4n) is 8.24. The Kier molecular flexibility index (Phi) is 14.6. The summed E-state index contributed by atoms with van der Waals surface area (Å²) in [4.78, 5) is 56.9. The van der Waals surface area contributed by atoms with E-state index in [1.165, 1.54) is 0 Å². The van der Waals surface area contributed by atoms with E-state index in [0.717, 1.165) is 57.0 Å². The largest absolute Gasteiger partial charge is 0.343 e. The summed E-state index contributed by atoms with van der Waals surface area (Å²) in [6, 6.07) is 7.06. The SMILES string of the molecule is CC[C@H](C)[C@H](NC(=O)[C@H](N)Cc1ccccc1)C(=O)N[C@H](CCC(CN)C1CC(C)CCN1)C(=O)N1CCC[C@]1(C=O)C1CC(C)CCN1. The van der Waals surface area contributed by atoms with Crippen LogP contribution < -0.4 is 32.7 Å². The third-order valence-corrected chi connectivity index (χ3v) is 11.6. The number of benzene rings is 1. The molecule has 0 aliphatic carbocycles. The molecule has 3 aliphatic rings. The Balaban J connectivity index is 1.56. The van der Waals surface area contributed by atoms with Gasteiger partial charge >= 0.3 is 0 Å². The Bertz CT molecular complexity index is 1230. The lowest BCUT2D eigenvalue weighted by atomic mass is 9.79. The van der Waals surface area contributed by atoms with Crippen molar-refractivity contribution < 1.29 is 19.2 Å². The molecule has 0 spiro atoms. The number of hydrogen-bond acceptors (Lipinski definition) is 8. The second-order valence-corrected chi connectivity index (χ2v) is 15.3. The first-order valence-electron chi connectivity index (χ1n) is 18.9. The number of amides is 3. The van der Waals surface area contributed by atoms with Crippen LogP contribution >= 0.6 is 0 Å². The average Bonchev–Trinajstić information content (AvgIpc) is 3.55. The maximum Gasteiger partial charge on any atom is 0.246 e. The quantitative estimate of drug-likeness (QED) is 0.144. The van der Waals surface area contributed by atoms with Crippen LogP contribution in [-0.2, 0) is 25.6 Å². The molecule has 274 valence electrons. The molecule has 0 saturated carbocycles. The topological polar surface area (TPSA) is 172 Å². The first-order valence-corrected chi connectivity index (χ1v) is 18.9. The molecular weight excluding hydrogens is 618 g/mol. The van der Waals surface area contributed by atoms with Crippen molar-refractivity contribution in [2.45, 2.75) is 128 Å². The zero-order valence-electron chi connectivity index (χ0n) is 30.3. The number of nitrogens with one attached hydrogen (secondary N) is 4. The molecule has 49 heavy (non-hydrogen) atoms. The lowest BCUT2D eigenvalue weighted by Crippen LogP contribution is -2.66. The van der Waals surface area contributed by atoms with Gasteiger partial charge in [-0.1, -0.05) is 64.4 Å². The summed E-state index contributed by atoms with van der Waals surface area (Å²) in [6.45, 7) is 11.0. The number of carbonyl (C=O) groups is 4. The van der Waals surface area contributed by atoms with Crippen molar-refractivity contribution in [2.75, 3.05) is 26.2 Å². The lowest BCUT2D eigenvalue weighted by Gasteiger charge is -2.45. The number of rotatable bonds is 16. The number of piperidine rings is 2. The van der Waals surface area contributed by atoms with E-state index in [4.69, 9.17) is 11.5 Å². The summed E-state index contributed by atoms with van der Waals surface area (Å²) in [6.07, 6.45) is 8.27. The van der Waals surface area contributed by atoms with Crippen LogP contribution in [0.4, 0.5) is 0 Å². The number of carbonyl (C=O) groups excluding carboxylic acids is 4. The molecule has 3 aliphatic heterocycles.